The van der Waals surface area contributed by atoms with Crippen molar-refractivity contribution in [2.75, 3.05) is 26.6 Å². The van der Waals surface area contributed by atoms with Crippen LogP contribution in [0.3, 0.4) is 0 Å². The van der Waals surface area contributed by atoms with Crippen LogP contribution in [-0.2, 0) is 4.79 Å². The number of primary amides is 1. The van der Waals surface area contributed by atoms with Gasteiger partial charge < -0.3 is 25.3 Å². The van der Waals surface area contributed by atoms with E-state index in [-0.39, 0.29) is 0 Å². The lowest BCUT2D eigenvalue weighted by Gasteiger charge is -2.26. The van der Waals surface area contributed by atoms with Crippen molar-refractivity contribution in [3.8, 4) is 28.6 Å². The highest BCUT2D eigenvalue weighted by Crippen LogP contribution is 2.41. The molecule has 4 rings (SSSR count). The molecular weight excluding hydrogens is 400 g/mol. The smallest absolute Gasteiger partial charge is 0.248 e. The summed E-state index contributed by atoms with van der Waals surface area (Å²) in [5.41, 5.74) is 7.93. The van der Waals surface area contributed by atoms with E-state index in [2.05, 4.69) is 20.4 Å². The van der Waals surface area contributed by atoms with E-state index in [1.807, 2.05) is 12.1 Å². The number of amides is 1. The van der Waals surface area contributed by atoms with E-state index in [0.29, 0.717) is 51.5 Å². The molecule has 1 unspecified atom stereocenters. The van der Waals surface area contributed by atoms with Gasteiger partial charge in [-0.25, -0.2) is 4.68 Å². The molecule has 1 atom stereocenters. The minimum Gasteiger partial charge on any atom is -0.493 e. The largest absolute Gasteiger partial charge is 0.493 e. The van der Waals surface area contributed by atoms with Gasteiger partial charge in [0.25, 0.3) is 0 Å². The Balaban J connectivity index is 1.88. The molecule has 3 aromatic rings. The van der Waals surface area contributed by atoms with Crippen LogP contribution in [0.25, 0.3) is 11.4 Å². The Morgan fingerprint density at radius 2 is 1.84 bits per heavy atom. The third kappa shape index (κ3) is 3.41. The number of methoxy groups -OCH3 is 3. The average Bonchev–Trinajstić information content (AvgIpc) is 3.20. The molecule has 31 heavy (non-hydrogen) atoms. The second-order valence-electron chi connectivity index (χ2n) is 6.80. The van der Waals surface area contributed by atoms with Gasteiger partial charge in [-0.15, -0.1) is 5.10 Å². The van der Waals surface area contributed by atoms with Crippen LogP contribution in [0.2, 0.25) is 0 Å². The van der Waals surface area contributed by atoms with E-state index in [1.54, 1.807) is 36.0 Å². The van der Waals surface area contributed by atoms with Crippen LogP contribution in [0.5, 0.6) is 17.2 Å². The van der Waals surface area contributed by atoms with Gasteiger partial charge in [-0.1, -0.05) is 6.07 Å². The molecule has 1 aliphatic rings. The molecule has 0 spiro atoms. The van der Waals surface area contributed by atoms with Crippen LogP contribution in [0, 0.1) is 0 Å². The van der Waals surface area contributed by atoms with Gasteiger partial charge in [0.2, 0.25) is 17.6 Å². The molecule has 1 amide bonds. The Bertz CT molecular complexity index is 1150. The quantitative estimate of drug-likeness (QED) is 0.619. The number of rotatable bonds is 6. The lowest BCUT2D eigenvalue weighted by molar-refractivity contribution is -0.115. The number of hydrogen-bond donors (Lipinski definition) is 2. The standard InChI is InChI=1S/C21H22N6O4/c1-11-16(19(22)28)17(13-7-5-6-8-23-13)27-21(24-11)25-20(26-27)12-9-14(29-2)18(31-4)15(10-12)30-3/h5-10,17H,1-4H3,(H2,22,28)(H,24,25,26). The lowest BCUT2D eigenvalue weighted by Crippen LogP contribution is -2.32. The monoisotopic (exact) mass is 422 g/mol. The molecule has 160 valence electrons. The van der Waals surface area contributed by atoms with E-state index >= 15 is 0 Å². The Labute approximate surface area is 178 Å². The molecule has 2 aromatic heterocycles. The number of ether oxygens (including phenoxy) is 3. The molecule has 0 saturated carbocycles. The Hall–Kier alpha value is -4.08. The summed E-state index contributed by atoms with van der Waals surface area (Å²) in [4.78, 5) is 21.3. The van der Waals surface area contributed by atoms with Gasteiger partial charge >= 0.3 is 0 Å². The van der Waals surface area contributed by atoms with Crippen LogP contribution in [0.4, 0.5) is 5.95 Å². The highest BCUT2D eigenvalue weighted by atomic mass is 16.5. The first-order valence-electron chi connectivity index (χ1n) is 9.44. The van der Waals surface area contributed by atoms with E-state index in [9.17, 15) is 4.79 Å². The Morgan fingerprint density at radius 3 is 2.39 bits per heavy atom. The maximum atomic E-state index is 12.3. The fraction of sp³-hybridized carbons (Fsp3) is 0.238. The summed E-state index contributed by atoms with van der Waals surface area (Å²) in [6.07, 6.45) is 1.65. The van der Waals surface area contributed by atoms with Crippen molar-refractivity contribution in [3.63, 3.8) is 0 Å². The topological polar surface area (TPSA) is 126 Å². The van der Waals surface area contributed by atoms with Gasteiger partial charge in [0, 0.05) is 17.5 Å². The number of aromatic nitrogens is 4. The molecule has 10 heteroatoms. The fourth-order valence-electron chi connectivity index (χ4n) is 3.61. The van der Waals surface area contributed by atoms with Crippen molar-refractivity contribution >= 4 is 11.9 Å². The highest BCUT2D eigenvalue weighted by molar-refractivity contribution is 5.95. The number of benzene rings is 1. The summed E-state index contributed by atoms with van der Waals surface area (Å²) in [6.45, 7) is 1.77. The van der Waals surface area contributed by atoms with Gasteiger partial charge in [-0.05, 0) is 31.2 Å². The highest BCUT2D eigenvalue weighted by Gasteiger charge is 2.34. The zero-order valence-electron chi connectivity index (χ0n) is 17.5. The first-order chi connectivity index (χ1) is 15.0. The summed E-state index contributed by atoms with van der Waals surface area (Å²) in [7, 11) is 4.62. The molecular formula is C21H22N6O4. The minimum absolute atomic E-state index is 0.368. The average molecular weight is 422 g/mol. The second kappa shape index (κ2) is 7.98. The summed E-state index contributed by atoms with van der Waals surface area (Å²) >= 11 is 0. The van der Waals surface area contributed by atoms with E-state index in [1.165, 1.54) is 21.3 Å². The molecule has 3 N–H and O–H groups in total. The number of pyridine rings is 1. The SMILES string of the molecule is COc1cc(-c2nc3n(n2)C(c2ccccn2)C(C(N)=O)=C(C)N3)cc(OC)c1OC. The summed E-state index contributed by atoms with van der Waals surface area (Å²) < 4.78 is 17.9. The van der Waals surface area contributed by atoms with Crippen LogP contribution >= 0.6 is 0 Å². The number of anilines is 1. The van der Waals surface area contributed by atoms with Crippen molar-refractivity contribution in [2.24, 2.45) is 5.73 Å². The zero-order valence-corrected chi connectivity index (χ0v) is 17.5. The molecule has 1 aliphatic heterocycles. The van der Waals surface area contributed by atoms with Gasteiger partial charge in [0.1, 0.15) is 6.04 Å². The normalized spacial score (nSPS) is 15.2. The van der Waals surface area contributed by atoms with Gasteiger partial charge in [-0.2, -0.15) is 4.98 Å². The number of nitrogens with zero attached hydrogens (tertiary/aromatic N) is 4. The third-order valence-electron chi connectivity index (χ3n) is 5.01. The Morgan fingerprint density at radius 1 is 1.13 bits per heavy atom. The maximum absolute atomic E-state index is 12.3. The molecule has 0 fully saturated rings. The maximum Gasteiger partial charge on any atom is 0.248 e. The van der Waals surface area contributed by atoms with Crippen molar-refractivity contribution in [2.45, 2.75) is 13.0 Å². The predicted molar refractivity (Wildman–Crippen MR) is 113 cm³/mol. The van der Waals surface area contributed by atoms with E-state index < -0.39 is 11.9 Å². The third-order valence-corrected chi connectivity index (χ3v) is 5.01. The second-order valence-corrected chi connectivity index (χ2v) is 6.80. The van der Waals surface area contributed by atoms with E-state index in [0.717, 1.165) is 0 Å². The first-order valence-corrected chi connectivity index (χ1v) is 9.44. The molecule has 0 aliphatic carbocycles. The van der Waals surface area contributed by atoms with Crippen molar-refractivity contribution in [1.82, 2.24) is 19.7 Å². The van der Waals surface area contributed by atoms with Gasteiger partial charge in [0.15, 0.2) is 17.3 Å². The van der Waals surface area contributed by atoms with Crippen LogP contribution < -0.4 is 25.3 Å². The van der Waals surface area contributed by atoms with E-state index in [4.69, 9.17) is 19.9 Å². The van der Waals surface area contributed by atoms with Crippen LogP contribution in [0.1, 0.15) is 18.7 Å². The van der Waals surface area contributed by atoms with Gasteiger partial charge in [0.05, 0.1) is 32.6 Å². The number of carbonyl (C=O) groups is 1. The van der Waals surface area contributed by atoms with Crippen molar-refractivity contribution in [3.05, 3.63) is 53.5 Å². The molecule has 0 radical (unpaired) electrons. The summed E-state index contributed by atoms with van der Waals surface area (Å²) in [5, 5.41) is 7.78. The number of carbonyl (C=O) groups excluding carboxylic acids is 1. The molecule has 1 aromatic carbocycles. The lowest BCUT2D eigenvalue weighted by atomic mass is 9.99. The summed E-state index contributed by atoms with van der Waals surface area (Å²) in [6, 6.07) is 8.36. The number of allylic oxidation sites excluding steroid dienone is 1. The number of fused-ring (bicyclic) bond motifs is 1. The van der Waals surface area contributed by atoms with Crippen molar-refractivity contribution in [1.29, 1.82) is 0 Å². The molecule has 3 heterocycles. The summed E-state index contributed by atoms with van der Waals surface area (Å²) in [5.74, 6) is 1.73. The Kier molecular flexibility index (Phi) is 5.20. The first kappa shape index (κ1) is 20.2. The number of nitrogens with two attached hydrogens (primary N) is 1. The predicted octanol–water partition coefficient (Wildman–Crippen LogP) is 2.14. The molecule has 0 bridgehead atoms. The molecule has 0 saturated heterocycles. The number of hydrogen-bond acceptors (Lipinski definition) is 8. The van der Waals surface area contributed by atoms with Crippen LogP contribution in [-0.4, -0.2) is 47.0 Å². The minimum atomic E-state index is -0.613. The number of nitrogens with one attached hydrogen (secondary N) is 1. The van der Waals surface area contributed by atoms with Crippen molar-refractivity contribution < 1.29 is 19.0 Å². The van der Waals surface area contributed by atoms with Gasteiger partial charge in [-0.3, -0.25) is 9.78 Å². The van der Waals surface area contributed by atoms with Crippen LogP contribution in [0.15, 0.2) is 47.8 Å². The zero-order chi connectivity index (χ0) is 22.1. The molecule has 10 nitrogen and oxygen atoms in total. The fourth-order valence-corrected chi connectivity index (χ4v) is 3.61.